The van der Waals surface area contributed by atoms with Gasteiger partial charge in [-0.3, -0.25) is 14.7 Å². The number of hydrogen-bond acceptors (Lipinski definition) is 4. The van der Waals surface area contributed by atoms with Crippen molar-refractivity contribution in [1.82, 2.24) is 9.88 Å². The number of rotatable bonds is 4. The molecule has 1 N–H and O–H groups in total. The minimum Gasteiger partial charge on any atom is -0.481 e. The van der Waals surface area contributed by atoms with Gasteiger partial charge in [0.1, 0.15) is 0 Å². The van der Waals surface area contributed by atoms with Gasteiger partial charge in [0.25, 0.3) is 0 Å². The Morgan fingerprint density at radius 1 is 1.43 bits per heavy atom. The van der Waals surface area contributed by atoms with E-state index in [1.807, 2.05) is 23.9 Å². The summed E-state index contributed by atoms with van der Waals surface area (Å²) in [5.41, 5.74) is 2.22. The SMILES string of the molecule is O=C(O)CC1CSCCN1Cc1ccc2ncccc2c1. The van der Waals surface area contributed by atoms with Crippen molar-refractivity contribution in [3.63, 3.8) is 0 Å². The standard InChI is InChI=1S/C16H18N2O2S/c19-16(20)9-14-11-21-7-6-18(14)10-12-3-4-15-13(8-12)2-1-5-17-15/h1-5,8,14H,6-7,9-11H2,(H,19,20). The van der Waals surface area contributed by atoms with Gasteiger partial charge in [0.2, 0.25) is 0 Å². The average Bonchev–Trinajstić information content (AvgIpc) is 2.49. The van der Waals surface area contributed by atoms with Gasteiger partial charge in [0.15, 0.2) is 0 Å². The molecule has 0 aliphatic carbocycles. The highest BCUT2D eigenvalue weighted by molar-refractivity contribution is 7.99. The molecule has 1 aromatic heterocycles. The van der Waals surface area contributed by atoms with E-state index in [-0.39, 0.29) is 12.5 Å². The molecule has 2 heterocycles. The summed E-state index contributed by atoms with van der Waals surface area (Å²) < 4.78 is 0. The number of carboxylic acid groups (broad SMARTS) is 1. The van der Waals surface area contributed by atoms with Crippen molar-refractivity contribution < 1.29 is 9.90 Å². The summed E-state index contributed by atoms with van der Waals surface area (Å²) in [5.74, 6) is 1.27. The minimum atomic E-state index is -0.713. The molecule has 0 radical (unpaired) electrons. The predicted octanol–water partition coefficient (Wildman–Crippen LogP) is 2.63. The van der Waals surface area contributed by atoms with Crippen LogP contribution in [-0.2, 0) is 11.3 Å². The lowest BCUT2D eigenvalue weighted by atomic mass is 10.1. The van der Waals surface area contributed by atoms with E-state index in [1.54, 1.807) is 6.20 Å². The van der Waals surface area contributed by atoms with E-state index in [9.17, 15) is 4.79 Å². The van der Waals surface area contributed by atoms with Crippen molar-refractivity contribution in [1.29, 1.82) is 0 Å². The van der Waals surface area contributed by atoms with Crippen LogP contribution in [0.2, 0.25) is 0 Å². The first-order chi connectivity index (χ1) is 10.2. The smallest absolute Gasteiger partial charge is 0.304 e. The topological polar surface area (TPSA) is 53.4 Å². The molecular formula is C16H18N2O2S. The van der Waals surface area contributed by atoms with Crippen LogP contribution in [-0.4, -0.2) is 45.1 Å². The third-order valence-electron chi connectivity index (χ3n) is 3.81. The third kappa shape index (κ3) is 3.54. The maximum atomic E-state index is 11.0. The highest BCUT2D eigenvalue weighted by atomic mass is 32.2. The number of nitrogens with zero attached hydrogens (tertiary/aromatic N) is 2. The van der Waals surface area contributed by atoms with Crippen LogP contribution in [0.3, 0.4) is 0 Å². The average molecular weight is 302 g/mol. The number of carbonyl (C=O) groups is 1. The van der Waals surface area contributed by atoms with Gasteiger partial charge in [-0.15, -0.1) is 0 Å². The first-order valence-electron chi connectivity index (χ1n) is 7.09. The summed E-state index contributed by atoms with van der Waals surface area (Å²) in [6, 6.07) is 10.4. The number of aromatic nitrogens is 1. The van der Waals surface area contributed by atoms with E-state index < -0.39 is 5.97 Å². The molecule has 0 bridgehead atoms. The molecule has 0 saturated carbocycles. The van der Waals surface area contributed by atoms with Crippen LogP contribution in [0.4, 0.5) is 0 Å². The zero-order valence-electron chi connectivity index (χ0n) is 11.7. The van der Waals surface area contributed by atoms with Gasteiger partial charge in [0, 0.05) is 42.2 Å². The molecule has 0 spiro atoms. The summed E-state index contributed by atoms with van der Waals surface area (Å²) in [7, 11) is 0. The van der Waals surface area contributed by atoms with Crippen molar-refractivity contribution in [2.75, 3.05) is 18.1 Å². The Hall–Kier alpha value is -1.59. The molecule has 1 aliphatic rings. The van der Waals surface area contributed by atoms with Gasteiger partial charge in [-0.05, 0) is 23.8 Å². The van der Waals surface area contributed by atoms with Crippen molar-refractivity contribution in [3.05, 3.63) is 42.1 Å². The Morgan fingerprint density at radius 2 is 2.33 bits per heavy atom. The number of carboxylic acids is 1. The van der Waals surface area contributed by atoms with Crippen LogP contribution in [0.5, 0.6) is 0 Å². The first kappa shape index (κ1) is 14.4. The molecule has 1 unspecified atom stereocenters. The fourth-order valence-electron chi connectivity index (χ4n) is 2.74. The summed E-state index contributed by atoms with van der Waals surface area (Å²) in [6.45, 7) is 1.76. The molecule has 5 heteroatoms. The Morgan fingerprint density at radius 3 is 3.19 bits per heavy atom. The Bertz CT molecular complexity index is 647. The highest BCUT2D eigenvalue weighted by Gasteiger charge is 2.24. The third-order valence-corrected chi connectivity index (χ3v) is 4.90. The van der Waals surface area contributed by atoms with E-state index in [2.05, 4.69) is 28.1 Å². The minimum absolute atomic E-state index is 0.130. The second-order valence-corrected chi connectivity index (χ2v) is 6.48. The van der Waals surface area contributed by atoms with E-state index in [0.29, 0.717) is 0 Å². The first-order valence-corrected chi connectivity index (χ1v) is 8.25. The summed E-state index contributed by atoms with van der Waals surface area (Å²) in [6.07, 6.45) is 2.02. The molecule has 1 saturated heterocycles. The monoisotopic (exact) mass is 302 g/mol. The normalized spacial score (nSPS) is 19.7. The number of pyridine rings is 1. The van der Waals surface area contributed by atoms with Gasteiger partial charge in [-0.1, -0.05) is 12.1 Å². The molecule has 1 aromatic carbocycles. The van der Waals surface area contributed by atoms with E-state index >= 15 is 0 Å². The van der Waals surface area contributed by atoms with Gasteiger partial charge >= 0.3 is 5.97 Å². The Balaban J connectivity index is 1.77. The quantitative estimate of drug-likeness (QED) is 0.941. The lowest BCUT2D eigenvalue weighted by Gasteiger charge is -2.34. The van der Waals surface area contributed by atoms with Crippen molar-refractivity contribution in [2.24, 2.45) is 0 Å². The zero-order valence-corrected chi connectivity index (χ0v) is 12.6. The number of thioether (sulfide) groups is 1. The van der Waals surface area contributed by atoms with Crippen molar-refractivity contribution >= 4 is 28.6 Å². The second kappa shape index (κ2) is 6.45. The van der Waals surface area contributed by atoms with Crippen molar-refractivity contribution in [2.45, 2.75) is 19.0 Å². The van der Waals surface area contributed by atoms with E-state index in [4.69, 9.17) is 5.11 Å². The van der Waals surface area contributed by atoms with E-state index in [1.165, 1.54) is 5.56 Å². The number of hydrogen-bond donors (Lipinski definition) is 1. The lowest BCUT2D eigenvalue weighted by Crippen LogP contribution is -2.42. The van der Waals surface area contributed by atoms with Gasteiger partial charge in [-0.25, -0.2) is 0 Å². The Labute approximate surface area is 128 Å². The molecule has 2 aromatic rings. The maximum absolute atomic E-state index is 11.0. The van der Waals surface area contributed by atoms with Gasteiger partial charge < -0.3 is 5.11 Å². The molecule has 0 amide bonds. The zero-order chi connectivity index (χ0) is 14.7. The molecule has 1 aliphatic heterocycles. The van der Waals surface area contributed by atoms with Crippen LogP contribution in [0.15, 0.2) is 36.5 Å². The van der Waals surface area contributed by atoms with Crippen LogP contribution in [0, 0.1) is 0 Å². The summed E-state index contributed by atoms with van der Waals surface area (Å²) in [4.78, 5) is 17.6. The number of benzene rings is 1. The lowest BCUT2D eigenvalue weighted by molar-refractivity contribution is -0.138. The second-order valence-electron chi connectivity index (χ2n) is 5.33. The molecule has 3 rings (SSSR count). The molecule has 1 fully saturated rings. The summed E-state index contributed by atoms with van der Waals surface area (Å²) in [5, 5.41) is 10.2. The largest absolute Gasteiger partial charge is 0.481 e. The molecule has 21 heavy (non-hydrogen) atoms. The highest BCUT2D eigenvalue weighted by Crippen LogP contribution is 2.22. The van der Waals surface area contributed by atoms with E-state index in [0.717, 1.165) is 35.5 Å². The maximum Gasteiger partial charge on any atom is 0.304 e. The van der Waals surface area contributed by atoms with Gasteiger partial charge in [-0.2, -0.15) is 11.8 Å². The van der Waals surface area contributed by atoms with Crippen molar-refractivity contribution in [3.8, 4) is 0 Å². The molecule has 4 nitrogen and oxygen atoms in total. The molecular weight excluding hydrogens is 284 g/mol. The van der Waals surface area contributed by atoms with Crippen LogP contribution >= 0.6 is 11.8 Å². The fourth-order valence-corrected chi connectivity index (χ4v) is 3.88. The Kier molecular flexibility index (Phi) is 4.41. The molecule has 1 atom stereocenters. The van der Waals surface area contributed by atoms with Crippen LogP contribution in [0.1, 0.15) is 12.0 Å². The number of fused-ring (bicyclic) bond motifs is 1. The number of aliphatic carboxylic acids is 1. The fraction of sp³-hybridized carbons (Fsp3) is 0.375. The predicted molar refractivity (Wildman–Crippen MR) is 85.5 cm³/mol. The summed E-state index contributed by atoms with van der Waals surface area (Å²) >= 11 is 1.85. The van der Waals surface area contributed by atoms with Gasteiger partial charge in [0.05, 0.1) is 11.9 Å². The van der Waals surface area contributed by atoms with Crippen LogP contribution in [0.25, 0.3) is 10.9 Å². The van der Waals surface area contributed by atoms with Crippen LogP contribution < -0.4 is 0 Å². The molecule has 110 valence electrons.